The van der Waals surface area contributed by atoms with Crippen LogP contribution in [0.25, 0.3) is 0 Å². The van der Waals surface area contributed by atoms with Gasteiger partial charge in [-0.1, -0.05) is 0 Å². The molecule has 0 aromatic rings. The van der Waals surface area contributed by atoms with Crippen molar-refractivity contribution in [3.8, 4) is 0 Å². The van der Waals surface area contributed by atoms with E-state index in [1.54, 1.807) is 0 Å². The standard InChI is InChI=1S/Ar.4FH.H2S/h;4*1H;1H2. The summed E-state index contributed by atoms with van der Waals surface area (Å²) in [5, 5.41) is 0. The number of hydrogen-bond donors (Lipinski definition) is 0. The molecule has 48 valence electrons. The summed E-state index contributed by atoms with van der Waals surface area (Å²) < 4.78 is 0. The molecule has 0 N–H and O–H groups in total. The number of hydrogen-bond acceptors (Lipinski definition) is 0. The first kappa shape index (κ1) is 166. The van der Waals surface area contributed by atoms with Crippen molar-refractivity contribution in [3.05, 3.63) is 0 Å². The van der Waals surface area contributed by atoms with Crippen LogP contribution in [0.4, 0.5) is 18.8 Å². The molecular weight excluding hydrogens is 148 g/mol. The second kappa shape index (κ2) is 102. The van der Waals surface area contributed by atoms with Crippen molar-refractivity contribution in [2.24, 2.45) is 0 Å². The van der Waals surface area contributed by atoms with E-state index >= 15 is 0 Å². The van der Waals surface area contributed by atoms with Crippen LogP contribution in [-0.4, -0.2) is 0 Å². The van der Waals surface area contributed by atoms with Gasteiger partial charge in [0.05, 0.1) is 0 Å². The molecular formula is H6ArF4S. The van der Waals surface area contributed by atoms with Gasteiger partial charge >= 0.3 is 0 Å². The zero-order chi connectivity index (χ0) is 0. The molecule has 0 atom stereocenters. The smallest absolute Gasteiger partial charge is 0 e. The van der Waals surface area contributed by atoms with E-state index in [2.05, 4.69) is 0 Å². The summed E-state index contributed by atoms with van der Waals surface area (Å²) in [6.07, 6.45) is 0. The molecule has 6 heteroatoms. The van der Waals surface area contributed by atoms with Gasteiger partial charge in [0.1, 0.15) is 0 Å². The Morgan fingerprint density at radius 1 is 0.500 bits per heavy atom. The van der Waals surface area contributed by atoms with Gasteiger partial charge in [0.2, 0.25) is 0 Å². The zero-order valence-electron chi connectivity index (χ0n) is 2.49. The minimum atomic E-state index is 0. The summed E-state index contributed by atoms with van der Waals surface area (Å²) in [6.45, 7) is 0. The fourth-order valence-electron chi connectivity index (χ4n) is 0. The first-order valence-corrected chi connectivity index (χ1v) is 0. The molecule has 0 amide bonds. The van der Waals surface area contributed by atoms with Crippen molar-refractivity contribution in [2.75, 3.05) is 0 Å². The van der Waals surface area contributed by atoms with Crippen LogP contribution in [0.2, 0.25) is 0 Å². The Morgan fingerprint density at radius 2 is 0.500 bits per heavy atom. The molecule has 0 saturated heterocycles. The van der Waals surface area contributed by atoms with Crippen LogP contribution in [-0.2, 0) is 0 Å². The fourth-order valence-corrected chi connectivity index (χ4v) is 0. The van der Waals surface area contributed by atoms with Crippen LogP contribution in [0, 0.1) is 37.7 Å². The molecule has 0 saturated carbocycles. The van der Waals surface area contributed by atoms with Crippen LogP contribution in [0.3, 0.4) is 0 Å². The molecule has 0 unspecified atom stereocenters. The minimum Gasteiger partial charge on any atom is -0.269 e. The van der Waals surface area contributed by atoms with Crippen LogP contribution >= 0.6 is 13.5 Å². The maximum absolute atomic E-state index is 0. The SMILES string of the molecule is F.F.F.F.S.[Ar]. The van der Waals surface area contributed by atoms with Crippen molar-refractivity contribution >= 4 is 13.5 Å². The number of rotatable bonds is 0. The van der Waals surface area contributed by atoms with E-state index in [0.29, 0.717) is 0 Å². The molecule has 0 aliphatic rings. The molecule has 0 rings (SSSR count). The monoisotopic (exact) mass is 154 g/mol. The summed E-state index contributed by atoms with van der Waals surface area (Å²) in [4.78, 5) is 0. The summed E-state index contributed by atoms with van der Waals surface area (Å²) in [6, 6.07) is 0. The molecule has 0 bridgehead atoms. The quantitative estimate of drug-likeness (QED) is 0.451. The first-order valence-electron chi connectivity index (χ1n) is 0. The van der Waals surface area contributed by atoms with E-state index in [-0.39, 0.29) is 70.1 Å². The third-order valence-electron chi connectivity index (χ3n) is 0. The molecule has 0 heterocycles. The van der Waals surface area contributed by atoms with E-state index in [1.165, 1.54) is 0 Å². The van der Waals surface area contributed by atoms with E-state index in [4.69, 9.17) is 0 Å². The summed E-state index contributed by atoms with van der Waals surface area (Å²) in [7, 11) is 0. The van der Waals surface area contributed by atoms with Gasteiger partial charge in [-0.25, -0.2) is 0 Å². The topological polar surface area (TPSA) is 0 Å². The zero-order valence-corrected chi connectivity index (χ0v) is 4.19. The Hall–Kier alpha value is 1.33. The predicted octanol–water partition coefficient (Wildman–Crippen LogP) is 0.723. The van der Waals surface area contributed by atoms with Gasteiger partial charge in [0, 0.05) is 37.7 Å². The second-order valence-electron chi connectivity index (χ2n) is 0. The fraction of sp³-hybridized carbons (Fsp3) is 0. The predicted molar refractivity (Wildman–Crippen MR) is 20.4 cm³/mol. The molecule has 0 aliphatic heterocycles. The maximum Gasteiger partial charge on any atom is 0 e. The second-order valence-corrected chi connectivity index (χ2v) is 0. The molecule has 0 aromatic heterocycles. The third kappa shape index (κ3) is 56.5. The van der Waals surface area contributed by atoms with Crippen LogP contribution in [0.5, 0.6) is 0 Å². The van der Waals surface area contributed by atoms with E-state index < -0.39 is 0 Å². The van der Waals surface area contributed by atoms with Crippen LogP contribution in [0.1, 0.15) is 0 Å². The Kier molecular flexibility index (Phi) is 2810. The summed E-state index contributed by atoms with van der Waals surface area (Å²) >= 11 is 0. The van der Waals surface area contributed by atoms with Crippen molar-refractivity contribution in [1.82, 2.24) is 0 Å². The van der Waals surface area contributed by atoms with Gasteiger partial charge in [-0.2, -0.15) is 13.5 Å². The largest absolute Gasteiger partial charge is 0.269 e. The molecule has 0 aromatic carbocycles. The van der Waals surface area contributed by atoms with Crippen molar-refractivity contribution in [3.63, 3.8) is 0 Å². The Balaban J connectivity index is 0. The minimum absolute atomic E-state index is 0. The molecule has 0 radical (unpaired) electrons. The Labute approximate surface area is 69.6 Å². The van der Waals surface area contributed by atoms with Gasteiger partial charge in [-0.05, 0) is 0 Å². The molecule has 0 nitrogen and oxygen atoms in total. The normalized spacial score (nSPS) is 0. The average molecular weight is 154 g/mol. The summed E-state index contributed by atoms with van der Waals surface area (Å²) in [5.74, 6) is 0. The van der Waals surface area contributed by atoms with Gasteiger partial charge in [-0.3, -0.25) is 18.8 Å². The van der Waals surface area contributed by atoms with Gasteiger partial charge < -0.3 is 0 Å². The van der Waals surface area contributed by atoms with Crippen LogP contribution < -0.4 is 0 Å². The molecule has 0 fully saturated rings. The Morgan fingerprint density at radius 3 is 0.500 bits per heavy atom. The van der Waals surface area contributed by atoms with Crippen molar-refractivity contribution in [2.45, 2.75) is 0 Å². The Bertz CT molecular complexity index is 7.51. The van der Waals surface area contributed by atoms with Gasteiger partial charge in [0.25, 0.3) is 0 Å². The molecule has 0 spiro atoms. The van der Waals surface area contributed by atoms with Gasteiger partial charge in [0.15, 0.2) is 0 Å². The number of halogens is 4. The third-order valence-corrected chi connectivity index (χ3v) is 0. The molecule has 6 heavy (non-hydrogen) atoms. The van der Waals surface area contributed by atoms with E-state index in [0.717, 1.165) is 0 Å². The van der Waals surface area contributed by atoms with Crippen molar-refractivity contribution in [1.29, 1.82) is 0 Å². The van der Waals surface area contributed by atoms with E-state index in [9.17, 15) is 0 Å². The van der Waals surface area contributed by atoms with E-state index in [1.807, 2.05) is 0 Å². The van der Waals surface area contributed by atoms with Gasteiger partial charge in [-0.15, -0.1) is 0 Å². The average Bonchev–Trinajstić information content (AvgIpc) is 0. The summed E-state index contributed by atoms with van der Waals surface area (Å²) in [5.41, 5.74) is 0. The van der Waals surface area contributed by atoms with Crippen molar-refractivity contribution < 1.29 is 56.6 Å². The maximum atomic E-state index is 0. The first-order chi connectivity index (χ1) is 0. The molecule has 0 aliphatic carbocycles. The van der Waals surface area contributed by atoms with Crippen LogP contribution in [0.15, 0.2) is 0 Å².